The second-order valence-electron chi connectivity index (χ2n) is 6.94. The van der Waals surface area contributed by atoms with Crippen molar-refractivity contribution in [2.24, 2.45) is 21.1 Å². The first kappa shape index (κ1) is 19.1. The fourth-order valence-corrected chi connectivity index (χ4v) is 6.77. The topological polar surface area (TPSA) is 99.2 Å². The zero-order valence-electron chi connectivity index (χ0n) is 15.8. The molecule has 1 saturated heterocycles. The summed E-state index contributed by atoms with van der Waals surface area (Å²) in [5.74, 6) is 0.527. The van der Waals surface area contributed by atoms with Gasteiger partial charge in [-0.15, -0.1) is 0 Å². The van der Waals surface area contributed by atoms with Gasteiger partial charge in [0.1, 0.15) is 0 Å². The lowest BCUT2D eigenvalue weighted by Crippen LogP contribution is -2.44. The van der Waals surface area contributed by atoms with Gasteiger partial charge in [-0.05, 0) is 18.2 Å². The molecular weight excluding hydrogens is 402 g/mol. The molecule has 0 spiro atoms. The van der Waals surface area contributed by atoms with Crippen LogP contribution in [0.3, 0.4) is 0 Å². The highest BCUT2D eigenvalue weighted by Crippen LogP contribution is 2.32. The minimum Gasteiger partial charge on any atom is -0.295 e. The smallest absolute Gasteiger partial charge is 0.295 e. The number of hydrogen-bond donors (Lipinski definition) is 0. The minimum atomic E-state index is -3.85. The Bertz CT molecular complexity index is 1250. The fourth-order valence-electron chi connectivity index (χ4n) is 3.64. The number of hydrogen-bond acceptors (Lipinski definition) is 5. The Morgan fingerprint density at radius 1 is 1.14 bits per heavy atom. The van der Waals surface area contributed by atoms with Crippen LogP contribution < -0.4 is 5.69 Å². The van der Waals surface area contributed by atoms with Gasteiger partial charge in [0, 0.05) is 61.8 Å². The van der Waals surface area contributed by atoms with Crippen LogP contribution in [-0.2, 0) is 42.0 Å². The van der Waals surface area contributed by atoms with E-state index in [4.69, 9.17) is 0 Å². The first-order valence-corrected chi connectivity index (χ1v) is 11.6. The maximum Gasteiger partial charge on any atom is 0.328 e. The number of sulfonamides is 1. The van der Waals surface area contributed by atoms with Gasteiger partial charge in [0.15, 0.2) is 0 Å². The highest BCUT2D eigenvalue weighted by atomic mass is 32.2. The molecule has 0 unspecified atom stereocenters. The Kier molecular flexibility index (Phi) is 4.55. The average molecular weight is 424 g/mol. The van der Waals surface area contributed by atoms with Crippen LogP contribution in [0.5, 0.6) is 0 Å². The van der Waals surface area contributed by atoms with E-state index in [0.717, 1.165) is 0 Å². The SMILES string of the molecule is Cn1cc([C@H]2C[S@@](=O)CCN2S(=O)(=O)c2ccc3c(c2)n(C)c(=O)n3C)cn1. The summed E-state index contributed by atoms with van der Waals surface area (Å²) >= 11 is 0. The summed E-state index contributed by atoms with van der Waals surface area (Å²) in [7, 11) is 0.0815. The molecular formula is C17H21N5O4S2. The maximum absolute atomic E-state index is 13.4. The van der Waals surface area contributed by atoms with E-state index in [0.29, 0.717) is 22.3 Å². The van der Waals surface area contributed by atoms with Crippen molar-refractivity contribution in [3.63, 3.8) is 0 Å². The quantitative estimate of drug-likeness (QED) is 0.595. The van der Waals surface area contributed by atoms with Gasteiger partial charge >= 0.3 is 5.69 Å². The van der Waals surface area contributed by atoms with Crippen LogP contribution in [0.15, 0.2) is 40.3 Å². The van der Waals surface area contributed by atoms with Crippen molar-refractivity contribution in [1.29, 1.82) is 0 Å². The van der Waals surface area contributed by atoms with Crippen molar-refractivity contribution < 1.29 is 12.6 Å². The summed E-state index contributed by atoms with van der Waals surface area (Å²) in [5.41, 5.74) is 1.71. The lowest BCUT2D eigenvalue weighted by molar-refractivity contribution is 0.351. The molecule has 11 heteroatoms. The molecule has 0 amide bonds. The van der Waals surface area contributed by atoms with Crippen LogP contribution in [0.25, 0.3) is 11.0 Å². The molecule has 1 aliphatic heterocycles. The molecule has 2 aromatic heterocycles. The van der Waals surface area contributed by atoms with E-state index in [1.807, 2.05) is 0 Å². The first-order chi connectivity index (χ1) is 13.2. The molecule has 1 aliphatic rings. The van der Waals surface area contributed by atoms with Crippen molar-refractivity contribution in [2.75, 3.05) is 18.1 Å². The number of fused-ring (bicyclic) bond motifs is 1. The monoisotopic (exact) mass is 423 g/mol. The summed E-state index contributed by atoms with van der Waals surface area (Å²) < 4.78 is 44.9. The van der Waals surface area contributed by atoms with Crippen LogP contribution in [0.2, 0.25) is 0 Å². The second kappa shape index (κ2) is 6.68. The lowest BCUT2D eigenvalue weighted by Gasteiger charge is -2.33. The highest BCUT2D eigenvalue weighted by molar-refractivity contribution is 7.89. The third kappa shape index (κ3) is 2.93. The van der Waals surface area contributed by atoms with Crippen molar-refractivity contribution in [1.82, 2.24) is 23.2 Å². The number of rotatable bonds is 3. The first-order valence-electron chi connectivity index (χ1n) is 8.71. The molecule has 2 atom stereocenters. The summed E-state index contributed by atoms with van der Waals surface area (Å²) in [6.07, 6.45) is 3.36. The molecule has 3 heterocycles. The Morgan fingerprint density at radius 3 is 2.54 bits per heavy atom. The van der Waals surface area contributed by atoms with Gasteiger partial charge in [0.2, 0.25) is 10.0 Å². The molecule has 0 saturated carbocycles. The van der Waals surface area contributed by atoms with Gasteiger partial charge in [0.05, 0.1) is 28.2 Å². The molecule has 0 bridgehead atoms. The second-order valence-corrected chi connectivity index (χ2v) is 10.5. The van der Waals surface area contributed by atoms with Gasteiger partial charge < -0.3 is 0 Å². The maximum atomic E-state index is 13.4. The zero-order chi connectivity index (χ0) is 20.2. The van der Waals surface area contributed by atoms with Gasteiger partial charge in [0.25, 0.3) is 0 Å². The van der Waals surface area contributed by atoms with E-state index in [1.54, 1.807) is 44.3 Å². The Labute approximate surface area is 164 Å². The average Bonchev–Trinajstić information content (AvgIpc) is 3.19. The molecule has 1 fully saturated rings. The van der Waals surface area contributed by atoms with Crippen molar-refractivity contribution in [3.8, 4) is 0 Å². The van der Waals surface area contributed by atoms with E-state index < -0.39 is 26.9 Å². The molecule has 0 radical (unpaired) electrons. The standard InChI is InChI=1S/C17H21N5O4S2/c1-19-10-12(9-18-19)16-11-27(24)7-6-22(16)28(25,26)13-4-5-14-15(8-13)21(3)17(23)20(14)2/h4-5,8-10,16H,6-7,11H2,1-3H3/t16-,27+/m1/s1. The van der Waals surface area contributed by atoms with Crippen LogP contribution in [-0.4, -0.2) is 53.9 Å². The molecule has 0 N–H and O–H groups in total. The summed E-state index contributed by atoms with van der Waals surface area (Å²) in [5, 5.41) is 4.13. The Hall–Kier alpha value is -2.24. The van der Waals surface area contributed by atoms with E-state index in [-0.39, 0.29) is 22.9 Å². The minimum absolute atomic E-state index is 0.114. The van der Waals surface area contributed by atoms with Crippen LogP contribution in [0.1, 0.15) is 11.6 Å². The van der Waals surface area contributed by atoms with E-state index in [9.17, 15) is 17.4 Å². The summed E-state index contributed by atoms with van der Waals surface area (Å²) in [6.45, 7) is 0.167. The van der Waals surface area contributed by atoms with Gasteiger partial charge in [-0.25, -0.2) is 13.2 Å². The third-order valence-corrected chi connectivity index (χ3v) is 8.42. The predicted molar refractivity (Wildman–Crippen MR) is 106 cm³/mol. The Balaban J connectivity index is 1.82. The molecule has 0 aliphatic carbocycles. The number of aromatic nitrogens is 4. The van der Waals surface area contributed by atoms with Gasteiger partial charge in [-0.2, -0.15) is 9.40 Å². The van der Waals surface area contributed by atoms with E-state index in [2.05, 4.69) is 5.10 Å². The third-order valence-electron chi connectivity index (χ3n) is 5.19. The van der Waals surface area contributed by atoms with E-state index >= 15 is 0 Å². The fraction of sp³-hybridized carbons (Fsp3) is 0.412. The van der Waals surface area contributed by atoms with Crippen molar-refractivity contribution in [3.05, 3.63) is 46.6 Å². The normalized spacial score (nSPS) is 21.4. The van der Waals surface area contributed by atoms with Gasteiger partial charge in [-0.1, -0.05) is 0 Å². The summed E-state index contributed by atoms with van der Waals surface area (Å²) in [6, 6.07) is 4.15. The number of aryl methyl sites for hydroxylation is 3. The van der Waals surface area contributed by atoms with Crippen LogP contribution >= 0.6 is 0 Å². The van der Waals surface area contributed by atoms with Crippen molar-refractivity contribution >= 4 is 31.9 Å². The predicted octanol–water partition coefficient (Wildman–Crippen LogP) is 0.105. The number of nitrogens with zero attached hydrogens (tertiary/aromatic N) is 5. The molecule has 3 aromatic rings. The molecule has 28 heavy (non-hydrogen) atoms. The Morgan fingerprint density at radius 2 is 1.86 bits per heavy atom. The van der Waals surface area contributed by atoms with E-state index in [1.165, 1.54) is 25.6 Å². The molecule has 4 rings (SSSR count). The largest absolute Gasteiger partial charge is 0.328 e. The van der Waals surface area contributed by atoms with Crippen LogP contribution in [0, 0.1) is 0 Å². The zero-order valence-corrected chi connectivity index (χ0v) is 17.4. The lowest BCUT2D eigenvalue weighted by atomic mass is 10.2. The highest BCUT2D eigenvalue weighted by Gasteiger charge is 2.37. The molecule has 9 nitrogen and oxygen atoms in total. The molecule has 150 valence electrons. The number of imidazole rings is 1. The van der Waals surface area contributed by atoms with Crippen LogP contribution in [0.4, 0.5) is 0 Å². The van der Waals surface area contributed by atoms with Crippen molar-refractivity contribution in [2.45, 2.75) is 10.9 Å². The van der Waals surface area contributed by atoms with Gasteiger partial charge in [-0.3, -0.25) is 18.0 Å². The summed E-state index contributed by atoms with van der Waals surface area (Å²) in [4.78, 5) is 12.3. The molecule has 1 aromatic carbocycles. The number of benzene rings is 1.